The molecule has 1 aromatic rings. The van der Waals surface area contributed by atoms with Crippen LogP contribution in [0, 0.1) is 3.57 Å². The van der Waals surface area contributed by atoms with E-state index in [0.717, 1.165) is 20.2 Å². The van der Waals surface area contributed by atoms with Gasteiger partial charge in [0.05, 0.1) is 0 Å². The van der Waals surface area contributed by atoms with E-state index >= 15 is 0 Å². The third-order valence-corrected chi connectivity index (χ3v) is 3.73. The second-order valence-electron chi connectivity index (χ2n) is 3.67. The average molecular weight is 412 g/mol. The van der Waals surface area contributed by atoms with Crippen molar-refractivity contribution < 1.29 is 5.21 Å². The molecule has 0 aliphatic rings. The molecule has 17 heavy (non-hydrogen) atoms. The van der Waals surface area contributed by atoms with Gasteiger partial charge in [-0.1, -0.05) is 12.1 Å². The van der Waals surface area contributed by atoms with Crippen molar-refractivity contribution in [2.45, 2.75) is 25.8 Å². The Morgan fingerprint density at radius 2 is 2.35 bits per heavy atom. The molecule has 0 spiro atoms. The number of rotatable bonds is 5. The van der Waals surface area contributed by atoms with E-state index in [9.17, 15) is 0 Å². The first kappa shape index (κ1) is 14.6. The Morgan fingerprint density at radius 1 is 1.65 bits per heavy atom. The molecule has 4 nitrogen and oxygen atoms in total. The van der Waals surface area contributed by atoms with E-state index in [1.165, 1.54) is 0 Å². The van der Waals surface area contributed by atoms with Gasteiger partial charge in [0.15, 0.2) is 0 Å². The van der Waals surface area contributed by atoms with Gasteiger partial charge in [-0.3, -0.25) is 0 Å². The van der Waals surface area contributed by atoms with Gasteiger partial charge in [0.2, 0.25) is 0 Å². The summed E-state index contributed by atoms with van der Waals surface area (Å²) in [4.78, 5) is 0. The molecule has 0 aromatic heterocycles. The number of amidine groups is 1. The highest BCUT2D eigenvalue weighted by molar-refractivity contribution is 14.1. The fourth-order valence-electron chi connectivity index (χ4n) is 1.42. The number of anilines is 1. The molecule has 4 N–H and O–H groups in total. The Labute approximate surface area is 123 Å². The number of nitrogens with two attached hydrogens (primary N) is 1. The zero-order valence-electron chi connectivity index (χ0n) is 9.45. The van der Waals surface area contributed by atoms with Gasteiger partial charge in [-0.2, -0.15) is 0 Å². The molecule has 1 rings (SSSR count). The van der Waals surface area contributed by atoms with Crippen LogP contribution in [-0.4, -0.2) is 17.1 Å². The highest BCUT2D eigenvalue weighted by Gasteiger charge is 2.10. The predicted octanol–water partition coefficient (Wildman–Crippen LogP) is 3.38. The maximum Gasteiger partial charge on any atom is 0.141 e. The summed E-state index contributed by atoms with van der Waals surface area (Å²) in [5.41, 5.74) is 6.54. The van der Waals surface area contributed by atoms with Gasteiger partial charge in [-0.15, -0.1) is 0 Å². The molecule has 0 amide bonds. The molecular weight excluding hydrogens is 397 g/mol. The minimum absolute atomic E-state index is 0.153. The second kappa shape index (κ2) is 7.05. The van der Waals surface area contributed by atoms with Gasteiger partial charge in [0, 0.05) is 26.2 Å². The molecule has 0 aliphatic carbocycles. The van der Waals surface area contributed by atoms with Crippen LogP contribution < -0.4 is 11.1 Å². The number of benzene rings is 1. The largest absolute Gasteiger partial charge is 0.409 e. The lowest BCUT2D eigenvalue weighted by Crippen LogP contribution is -2.26. The predicted molar refractivity (Wildman–Crippen MR) is 82.6 cm³/mol. The molecule has 1 atom stereocenters. The van der Waals surface area contributed by atoms with Crippen LogP contribution >= 0.6 is 38.5 Å². The highest BCUT2D eigenvalue weighted by atomic mass is 127. The fourth-order valence-corrected chi connectivity index (χ4v) is 2.27. The summed E-state index contributed by atoms with van der Waals surface area (Å²) in [6, 6.07) is 6.24. The zero-order valence-corrected chi connectivity index (χ0v) is 13.2. The van der Waals surface area contributed by atoms with Crippen molar-refractivity contribution >= 4 is 50.0 Å². The van der Waals surface area contributed by atoms with E-state index in [4.69, 9.17) is 10.9 Å². The molecule has 0 fully saturated rings. The second-order valence-corrected chi connectivity index (χ2v) is 5.77. The summed E-state index contributed by atoms with van der Waals surface area (Å²) in [5.74, 6) is 0.242. The Bertz CT molecular complexity index is 412. The molecule has 1 aromatic carbocycles. The van der Waals surface area contributed by atoms with Crippen molar-refractivity contribution in [3.8, 4) is 0 Å². The fraction of sp³-hybridized carbons (Fsp3) is 0.364. The quantitative estimate of drug-likeness (QED) is 0.228. The lowest BCUT2D eigenvalue weighted by molar-refractivity contribution is 0.316. The molecule has 0 saturated carbocycles. The summed E-state index contributed by atoms with van der Waals surface area (Å²) in [6.07, 6.45) is 1.42. The first-order chi connectivity index (χ1) is 8.06. The van der Waals surface area contributed by atoms with Crippen molar-refractivity contribution in [2.75, 3.05) is 5.32 Å². The topological polar surface area (TPSA) is 70.6 Å². The van der Waals surface area contributed by atoms with Crippen LogP contribution in [0.25, 0.3) is 0 Å². The Morgan fingerprint density at radius 3 is 2.94 bits per heavy atom. The van der Waals surface area contributed by atoms with Crippen molar-refractivity contribution in [1.82, 2.24) is 0 Å². The minimum atomic E-state index is 0.153. The summed E-state index contributed by atoms with van der Waals surface area (Å²) < 4.78 is 2.17. The van der Waals surface area contributed by atoms with Crippen LogP contribution in [0.2, 0.25) is 0 Å². The molecular formula is C11H15BrIN3O. The maximum atomic E-state index is 8.57. The first-order valence-corrected chi connectivity index (χ1v) is 7.12. The molecule has 0 aliphatic heterocycles. The van der Waals surface area contributed by atoms with Gasteiger partial charge >= 0.3 is 0 Å². The number of hydrogen-bond donors (Lipinski definition) is 3. The molecule has 0 heterocycles. The van der Waals surface area contributed by atoms with Crippen molar-refractivity contribution in [2.24, 2.45) is 10.9 Å². The van der Waals surface area contributed by atoms with Crippen molar-refractivity contribution in [3.63, 3.8) is 0 Å². The normalized spacial score (nSPS) is 13.5. The van der Waals surface area contributed by atoms with Crippen LogP contribution in [0.1, 0.15) is 19.8 Å². The molecule has 0 bridgehead atoms. The standard InChI is InChI=1S/C11H15BrIN3O/c1-2-8(6-11(14)16-17)15-10-5-7(13)3-4-9(10)12/h3-5,8,15,17H,2,6H2,1H3,(H2,14,16). The van der Waals surface area contributed by atoms with Gasteiger partial charge in [-0.25, -0.2) is 0 Å². The van der Waals surface area contributed by atoms with Crippen molar-refractivity contribution in [3.05, 3.63) is 26.2 Å². The third kappa shape index (κ3) is 4.71. The van der Waals surface area contributed by atoms with E-state index in [2.05, 4.69) is 62.0 Å². The molecule has 6 heteroatoms. The first-order valence-electron chi connectivity index (χ1n) is 5.24. The smallest absolute Gasteiger partial charge is 0.141 e. The number of nitrogens with one attached hydrogen (secondary N) is 1. The van der Waals surface area contributed by atoms with Crippen LogP contribution in [0.3, 0.4) is 0 Å². The average Bonchev–Trinajstić information content (AvgIpc) is 2.32. The van der Waals surface area contributed by atoms with E-state index in [-0.39, 0.29) is 11.9 Å². The lowest BCUT2D eigenvalue weighted by Gasteiger charge is -2.18. The number of hydrogen-bond acceptors (Lipinski definition) is 3. The van der Waals surface area contributed by atoms with Crippen LogP contribution in [-0.2, 0) is 0 Å². The highest BCUT2D eigenvalue weighted by Crippen LogP contribution is 2.25. The maximum absolute atomic E-state index is 8.57. The van der Waals surface area contributed by atoms with Gasteiger partial charge in [0.25, 0.3) is 0 Å². The molecule has 0 radical (unpaired) electrons. The SMILES string of the molecule is CCC(C/C(N)=N/O)Nc1cc(I)ccc1Br. The number of oxime groups is 1. The third-order valence-electron chi connectivity index (χ3n) is 2.36. The molecule has 1 unspecified atom stereocenters. The Balaban J connectivity index is 2.76. The zero-order chi connectivity index (χ0) is 12.8. The van der Waals surface area contributed by atoms with E-state index in [0.29, 0.717) is 6.42 Å². The van der Waals surface area contributed by atoms with E-state index in [1.54, 1.807) is 0 Å². The van der Waals surface area contributed by atoms with Crippen LogP contribution in [0.4, 0.5) is 5.69 Å². The van der Waals surface area contributed by atoms with Crippen LogP contribution in [0.5, 0.6) is 0 Å². The number of halogens is 2. The number of nitrogens with zero attached hydrogens (tertiary/aromatic N) is 1. The summed E-state index contributed by atoms with van der Waals surface area (Å²) in [5, 5.41) is 14.9. The summed E-state index contributed by atoms with van der Waals surface area (Å²) in [7, 11) is 0. The Kier molecular flexibility index (Phi) is 6.04. The summed E-state index contributed by atoms with van der Waals surface area (Å²) >= 11 is 5.76. The van der Waals surface area contributed by atoms with Gasteiger partial charge < -0.3 is 16.3 Å². The van der Waals surface area contributed by atoms with E-state index in [1.807, 2.05) is 12.1 Å². The molecule has 94 valence electrons. The van der Waals surface area contributed by atoms with Gasteiger partial charge in [0.1, 0.15) is 5.84 Å². The summed E-state index contributed by atoms with van der Waals surface area (Å²) in [6.45, 7) is 2.06. The van der Waals surface area contributed by atoms with Gasteiger partial charge in [-0.05, 0) is 63.1 Å². The Hall–Kier alpha value is -0.500. The minimum Gasteiger partial charge on any atom is -0.409 e. The lowest BCUT2D eigenvalue weighted by atomic mass is 10.1. The van der Waals surface area contributed by atoms with E-state index < -0.39 is 0 Å². The van der Waals surface area contributed by atoms with Crippen molar-refractivity contribution in [1.29, 1.82) is 0 Å². The monoisotopic (exact) mass is 411 g/mol. The van der Waals surface area contributed by atoms with Crippen LogP contribution in [0.15, 0.2) is 27.8 Å². The molecule has 0 saturated heterocycles.